The third-order valence-corrected chi connectivity index (χ3v) is 5.01. The second-order valence-corrected chi connectivity index (χ2v) is 7.11. The summed E-state index contributed by atoms with van der Waals surface area (Å²) in [6.07, 6.45) is 7.08. The molecule has 3 rings (SSSR count). The van der Waals surface area contributed by atoms with Crippen molar-refractivity contribution in [2.75, 3.05) is 0 Å². The van der Waals surface area contributed by atoms with Gasteiger partial charge in [0.1, 0.15) is 5.75 Å². The summed E-state index contributed by atoms with van der Waals surface area (Å²) in [5, 5.41) is 10.7. The zero-order valence-electron chi connectivity index (χ0n) is 14.8. The number of halogens is 2. The Balaban J connectivity index is 2.33. The maximum absolute atomic E-state index is 11.8. The van der Waals surface area contributed by atoms with Crippen LogP contribution in [-0.2, 0) is 11.2 Å². The fourth-order valence-electron chi connectivity index (χ4n) is 3.10. The van der Waals surface area contributed by atoms with E-state index in [1.165, 1.54) is 6.08 Å². The van der Waals surface area contributed by atoms with E-state index in [4.69, 9.17) is 23.2 Å². The fraction of sp³-hybridized carbons (Fsp3) is 0.0870. The molecule has 0 radical (unpaired) electrons. The SMILES string of the molecule is C=CCc1cc(/C(=C2\C=CC(=O)C(Cl)=C2)c2ccccc2C)cc(Cl)c1O. The molecule has 2 nitrogen and oxygen atoms in total. The second kappa shape index (κ2) is 7.99. The van der Waals surface area contributed by atoms with Gasteiger partial charge in [-0.2, -0.15) is 0 Å². The summed E-state index contributed by atoms with van der Waals surface area (Å²) in [7, 11) is 0. The van der Waals surface area contributed by atoms with E-state index in [0.717, 1.165) is 27.8 Å². The molecule has 0 amide bonds. The average Bonchev–Trinajstić information content (AvgIpc) is 2.64. The minimum atomic E-state index is -0.222. The molecular weight excluding hydrogens is 379 g/mol. The Morgan fingerprint density at radius 1 is 1.19 bits per heavy atom. The predicted molar refractivity (Wildman–Crippen MR) is 112 cm³/mol. The highest BCUT2D eigenvalue weighted by Gasteiger charge is 2.18. The molecule has 1 N–H and O–H groups in total. The van der Waals surface area contributed by atoms with Gasteiger partial charge in [-0.1, -0.05) is 59.6 Å². The van der Waals surface area contributed by atoms with Crippen LogP contribution in [0, 0.1) is 6.92 Å². The molecule has 0 heterocycles. The van der Waals surface area contributed by atoms with Gasteiger partial charge < -0.3 is 5.11 Å². The molecule has 0 aromatic heterocycles. The number of allylic oxidation sites excluding steroid dienone is 6. The highest BCUT2D eigenvalue weighted by Crippen LogP contribution is 2.38. The Bertz CT molecular complexity index is 1030. The number of aryl methyl sites for hydroxylation is 1. The summed E-state index contributed by atoms with van der Waals surface area (Å²) in [5.41, 5.74) is 5.29. The molecule has 0 aliphatic heterocycles. The van der Waals surface area contributed by atoms with Crippen LogP contribution < -0.4 is 0 Å². The maximum atomic E-state index is 11.8. The molecule has 2 aromatic carbocycles. The lowest BCUT2D eigenvalue weighted by molar-refractivity contribution is -0.110. The minimum Gasteiger partial charge on any atom is -0.506 e. The summed E-state index contributed by atoms with van der Waals surface area (Å²) in [5.74, 6) is -0.168. The number of benzene rings is 2. The number of carbonyl (C=O) groups is 1. The number of aromatic hydroxyl groups is 1. The van der Waals surface area contributed by atoms with E-state index >= 15 is 0 Å². The van der Waals surface area contributed by atoms with E-state index in [1.807, 2.05) is 37.3 Å². The monoisotopic (exact) mass is 396 g/mol. The van der Waals surface area contributed by atoms with Gasteiger partial charge in [0.2, 0.25) is 0 Å². The van der Waals surface area contributed by atoms with E-state index in [2.05, 4.69) is 6.58 Å². The Morgan fingerprint density at radius 3 is 2.59 bits per heavy atom. The molecule has 136 valence electrons. The van der Waals surface area contributed by atoms with E-state index in [1.54, 1.807) is 24.3 Å². The molecule has 0 saturated heterocycles. The molecule has 0 unspecified atom stereocenters. The number of carbonyl (C=O) groups excluding carboxylic acids is 1. The lowest BCUT2D eigenvalue weighted by Crippen LogP contribution is -2.02. The Morgan fingerprint density at radius 2 is 1.93 bits per heavy atom. The van der Waals surface area contributed by atoms with Crippen LogP contribution in [0.5, 0.6) is 5.75 Å². The maximum Gasteiger partial charge on any atom is 0.197 e. The first-order valence-electron chi connectivity index (χ1n) is 8.45. The molecule has 1 aliphatic rings. The lowest BCUT2D eigenvalue weighted by atomic mass is 9.87. The van der Waals surface area contributed by atoms with E-state index < -0.39 is 0 Å². The quantitative estimate of drug-likeness (QED) is 0.629. The highest BCUT2D eigenvalue weighted by molar-refractivity contribution is 6.45. The van der Waals surface area contributed by atoms with E-state index in [0.29, 0.717) is 12.0 Å². The van der Waals surface area contributed by atoms with Crippen LogP contribution in [-0.4, -0.2) is 10.9 Å². The number of phenolic OH excluding ortho intramolecular Hbond substituents is 1. The van der Waals surface area contributed by atoms with Crippen molar-refractivity contribution in [2.24, 2.45) is 0 Å². The first-order valence-corrected chi connectivity index (χ1v) is 9.20. The van der Waals surface area contributed by atoms with Crippen molar-refractivity contribution in [3.63, 3.8) is 0 Å². The van der Waals surface area contributed by atoms with Crippen LogP contribution in [0.4, 0.5) is 0 Å². The summed E-state index contributed by atoms with van der Waals surface area (Å²) in [4.78, 5) is 11.8. The van der Waals surface area contributed by atoms with Gasteiger partial charge in [-0.15, -0.1) is 6.58 Å². The van der Waals surface area contributed by atoms with Gasteiger partial charge in [0, 0.05) is 0 Å². The summed E-state index contributed by atoms with van der Waals surface area (Å²) in [6, 6.07) is 11.6. The summed E-state index contributed by atoms with van der Waals surface area (Å²) < 4.78 is 0. The van der Waals surface area contributed by atoms with Gasteiger partial charge in [-0.25, -0.2) is 0 Å². The third kappa shape index (κ3) is 3.92. The molecule has 0 atom stereocenters. The third-order valence-electron chi connectivity index (χ3n) is 4.43. The van der Waals surface area contributed by atoms with Gasteiger partial charge in [0.15, 0.2) is 5.78 Å². The van der Waals surface area contributed by atoms with E-state index in [-0.39, 0.29) is 21.6 Å². The van der Waals surface area contributed by atoms with Crippen molar-refractivity contribution in [1.29, 1.82) is 0 Å². The van der Waals surface area contributed by atoms with Crippen LogP contribution in [0.1, 0.15) is 22.3 Å². The number of hydrogen-bond donors (Lipinski definition) is 1. The van der Waals surface area contributed by atoms with Crippen molar-refractivity contribution in [2.45, 2.75) is 13.3 Å². The summed E-state index contributed by atoms with van der Waals surface area (Å²) >= 11 is 12.4. The molecule has 1 aliphatic carbocycles. The molecule has 0 bridgehead atoms. The molecule has 0 saturated carbocycles. The second-order valence-electron chi connectivity index (χ2n) is 6.29. The van der Waals surface area contributed by atoms with Crippen molar-refractivity contribution < 1.29 is 9.90 Å². The van der Waals surface area contributed by atoms with Crippen molar-refractivity contribution in [3.05, 3.63) is 105 Å². The molecule has 27 heavy (non-hydrogen) atoms. The number of hydrogen-bond acceptors (Lipinski definition) is 2. The number of ketones is 1. The first kappa shape index (κ1) is 19.2. The van der Waals surface area contributed by atoms with Crippen molar-refractivity contribution >= 4 is 34.6 Å². The first-order chi connectivity index (χ1) is 12.9. The fourth-order valence-corrected chi connectivity index (χ4v) is 3.52. The van der Waals surface area contributed by atoms with E-state index in [9.17, 15) is 9.90 Å². The summed E-state index contributed by atoms with van der Waals surface area (Å²) in [6.45, 7) is 5.76. The van der Waals surface area contributed by atoms with Gasteiger partial charge in [-0.3, -0.25) is 4.79 Å². The Labute approximate surface area is 168 Å². The van der Waals surface area contributed by atoms with Gasteiger partial charge in [0.05, 0.1) is 10.1 Å². The Hall–Kier alpha value is -2.55. The minimum absolute atomic E-state index is 0.0531. The van der Waals surface area contributed by atoms with Gasteiger partial charge >= 0.3 is 0 Å². The topological polar surface area (TPSA) is 37.3 Å². The van der Waals surface area contributed by atoms with Crippen LogP contribution in [0.25, 0.3) is 5.57 Å². The van der Waals surface area contributed by atoms with Gasteiger partial charge in [0.25, 0.3) is 0 Å². The standard InChI is InChI=1S/C23H18Cl2O2/c1-3-6-16-11-17(13-20(25)23(16)27)22(18-8-5-4-7-14(18)2)15-9-10-21(26)19(24)12-15/h3-5,7-13,27H,1,6H2,2H3/b22-15-. The molecule has 2 aromatic rings. The lowest BCUT2D eigenvalue weighted by Gasteiger charge is -2.18. The zero-order valence-corrected chi connectivity index (χ0v) is 16.3. The average molecular weight is 397 g/mol. The van der Waals surface area contributed by atoms with Crippen LogP contribution >= 0.6 is 23.2 Å². The van der Waals surface area contributed by atoms with Crippen LogP contribution in [0.15, 0.2) is 77.9 Å². The van der Waals surface area contributed by atoms with Gasteiger partial charge in [-0.05, 0) is 71.0 Å². The van der Waals surface area contributed by atoms with Crippen molar-refractivity contribution in [1.82, 2.24) is 0 Å². The zero-order chi connectivity index (χ0) is 19.6. The van der Waals surface area contributed by atoms with Crippen LogP contribution in [0.2, 0.25) is 5.02 Å². The normalized spacial score (nSPS) is 15.5. The largest absolute Gasteiger partial charge is 0.506 e. The molecule has 4 heteroatoms. The predicted octanol–water partition coefficient (Wildman–Crippen LogP) is 6.15. The molecule has 0 fully saturated rings. The Kier molecular flexibility index (Phi) is 5.69. The smallest absolute Gasteiger partial charge is 0.197 e. The van der Waals surface area contributed by atoms with Crippen LogP contribution in [0.3, 0.4) is 0 Å². The number of rotatable bonds is 4. The van der Waals surface area contributed by atoms with Crippen molar-refractivity contribution in [3.8, 4) is 5.75 Å². The molecular formula is C23H18Cl2O2. The number of phenols is 1. The molecule has 0 spiro atoms. The highest BCUT2D eigenvalue weighted by atomic mass is 35.5.